The van der Waals surface area contributed by atoms with Crippen LogP contribution in [0.25, 0.3) is 0 Å². The van der Waals surface area contributed by atoms with Crippen molar-refractivity contribution < 1.29 is 13.3 Å². The Balaban J connectivity index is 2.10. The van der Waals surface area contributed by atoms with E-state index in [4.69, 9.17) is 0 Å². The predicted molar refractivity (Wildman–Crippen MR) is 102 cm³/mol. The molecule has 0 aliphatic heterocycles. The van der Waals surface area contributed by atoms with Gasteiger partial charge in [-0.3, -0.25) is 15.1 Å². The second-order valence-electron chi connectivity index (χ2n) is 5.95. The maximum atomic E-state index is 11.6. The highest BCUT2D eigenvalue weighted by molar-refractivity contribution is 7.90. The van der Waals surface area contributed by atoms with Crippen molar-refractivity contribution in [1.29, 1.82) is 5.26 Å². The van der Waals surface area contributed by atoms with E-state index < -0.39 is 14.8 Å². The molecular weight excluding hydrogens is 370 g/mol. The molecule has 1 aromatic carbocycles. The highest BCUT2D eigenvalue weighted by Gasteiger charge is 2.18. The summed E-state index contributed by atoms with van der Waals surface area (Å²) in [7, 11) is -3.53. The van der Waals surface area contributed by atoms with Crippen molar-refractivity contribution in [3.05, 3.63) is 51.3 Å². The molecule has 2 N–H and O–H groups in total. The van der Waals surface area contributed by atoms with Crippen molar-refractivity contribution >= 4 is 26.9 Å². The van der Waals surface area contributed by atoms with Gasteiger partial charge < -0.3 is 10.6 Å². The van der Waals surface area contributed by atoms with Crippen LogP contribution in [0.5, 0.6) is 0 Å². The molecule has 0 saturated carbocycles. The number of rotatable bonds is 7. The zero-order valence-corrected chi connectivity index (χ0v) is 15.9. The molecule has 0 atom stereocenters. The number of nitriles is 1. The molecule has 0 radical (unpaired) electrons. The summed E-state index contributed by atoms with van der Waals surface area (Å²) in [6, 6.07) is 7.59. The Morgan fingerprint density at radius 2 is 1.81 bits per heavy atom. The van der Waals surface area contributed by atoms with Crippen LogP contribution in [0.4, 0.5) is 17.1 Å². The summed E-state index contributed by atoms with van der Waals surface area (Å²) in [5.41, 5.74) is 2.40. The molecular formula is C17H19N5O4S. The van der Waals surface area contributed by atoms with Gasteiger partial charge in [0.25, 0.3) is 5.69 Å². The van der Waals surface area contributed by atoms with E-state index in [1.807, 2.05) is 6.92 Å². The van der Waals surface area contributed by atoms with Gasteiger partial charge in [-0.2, -0.15) is 5.26 Å². The van der Waals surface area contributed by atoms with Crippen LogP contribution < -0.4 is 10.6 Å². The van der Waals surface area contributed by atoms with Crippen LogP contribution in [0.1, 0.15) is 17.0 Å². The molecule has 0 bridgehead atoms. The van der Waals surface area contributed by atoms with Crippen LogP contribution in [-0.4, -0.2) is 37.7 Å². The minimum atomic E-state index is -3.53. The molecule has 27 heavy (non-hydrogen) atoms. The number of hydrogen-bond donors (Lipinski definition) is 2. The number of anilines is 2. The first-order valence-electron chi connectivity index (χ1n) is 7.98. The van der Waals surface area contributed by atoms with E-state index in [-0.39, 0.29) is 16.3 Å². The first kappa shape index (κ1) is 20.1. The lowest BCUT2D eigenvalue weighted by atomic mass is 10.1. The third-order valence-electron chi connectivity index (χ3n) is 3.79. The number of nitro benzene ring substituents is 1. The number of nitrogens with zero attached hydrogens (tertiary/aromatic N) is 3. The summed E-state index contributed by atoms with van der Waals surface area (Å²) in [5.74, 6) is 0. The summed E-state index contributed by atoms with van der Waals surface area (Å²) in [6.07, 6.45) is 0.995. The van der Waals surface area contributed by atoms with E-state index in [0.29, 0.717) is 30.0 Å². The van der Waals surface area contributed by atoms with Gasteiger partial charge in [0.2, 0.25) is 0 Å². The average Bonchev–Trinajstić information content (AvgIpc) is 2.57. The van der Waals surface area contributed by atoms with Gasteiger partial charge in [-0.1, -0.05) is 0 Å². The number of aromatic nitrogens is 1. The number of sulfone groups is 1. The molecule has 9 nitrogen and oxygen atoms in total. The van der Waals surface area contributed by atoms with E-state index in [0.717, 1.165) is 18.0 Å². The van der Waals surface area contributed by atoms with Crippen molar-refractivity contribution in [3.8, 4) is 6.07 Å². The van der Waals surface area contributed by atoms with Gasteiger partial charge in [-0.05, 0) is 32.0 Å². The fourth-order valence-corrected chi connectivity index (χ4v) is 3.19. The summed E-state index contributed by atoms with van der Waals surface area (Å²) in [6.45, 7) is 4.29. The number of benzene rings is 1. The smallest absolute Gasteiger partial charge is 0.293 e. The third-order valence-corrected chi connectivity index (χ3v) is 4.90. The Morgan fingerprint density at radius 1 is 1.19 bits per heavy atom. The highest BCUT2D eigenvalue weighted by atomic mass is 32.2. The lowest BCUT2D eigenvalue weighted by molar-refractivity contribution is -0.384. The Morgan fingerprint density at radius 3 is 2.37 bits per heavy atom. The number of aryl methyl sites for hydroxylation is 2. The van der Waals surface area contributed by atoms with Crippen molar-refractivity contribution in [1.82, 2.24) is 4.98 Å². The third kappa shape index (κ3) is 4.92. The first-order chi connectivity index (χ1) is 12.6. The van der Waals surface area contributed by atoms with Gasteiger partial charge in [0.15, 0.2) is 9.84 Å². The maximum absolute atomic E-state index is 11.6. The van der Waals surface area contributed by atoms with Crippen LogP contribution in [0, 0.1) is 35.3 Å². The van der Waals surface area contributed by atoms with Gasteiger partial charge in [-0.25, -0.2) is 8.42 Å². The van der Waals surface area contributed by atoms with Gasteiger partial charge in [0, 0.05) is 31.1 Å². The summed E-state index contributed by atoms with van der Waals surface area (Å²) < 4.78 is 23.1. The van der Waals surface area contributed by atoms with Crippen LogP contribution in [-0.2, 0) is 9.84 Å². The molecule has 0 spiro atoms. The van der Waals surface area contributed by atoms with Crippen LogP contribution in [0.15, 0.2) is 29.2 Å². The molecule has 0 saturated heterocycles. The number of hydrogen-bond acceptors (Lipinski definition) is 8. The van der Waals surface area contributed by atoms with Crippen molar-refractivity contribution in [2.45, 2.75) is 18.7 Å². The minimum Gasteiger partial charge on any atom is -0.382 e. The predicted octanol–water partition coefficient (Wildman–Crippen LogP) is 2.41. The van der Waals surface area contributed by atoms with E-state index in [9.17, 15) is 23.8 Å². The molecule has 142 valence electrons. The highest BCUT2D eigenvalue weighted by Crippen LogP contribution is 2.27. The van der Waals surface area contributed by atoms with E-state index >= 15 is 0 Å². The molecule has 0 fully saturated rings. The van der Waals surface area contributed by atoms with Gasteiger partial charge >= 0.3 is 0 Å². The SMILES string of the molecule is Cc1cc(NCCNc2ccc(S(C)(=O)=O)cc2[N+](=O)[O-])c(C#N)c(C)n1. The Labute approximate surface area is 157 Å². The van der Waals surface area contributed by atoms with Crippen LogP contribution >= 0.6 is 0 Å². The topological polar surface area (TPSA) is 138 Å². The molecule has 0 amide bonds. The quantitative estimate of drug-likeness (QED) is 0.418. The van der Waals surface area contributed by atoms with Crippen molar-refractivity contribution in [3.63, 3.8) is 0 Å². The van der Waals surface area contributed by atoms with Gasteiger partial charge in [0.1, 0.15) is 11.8 Å². The fraction of sp³-hybridized carbons (Fsp3) is 0.294. The van der Waals surface area contributed by atoms with Crippen molar-refractivity contribution in [2.75, 3.05) is 30.0 Å². The monoisotopic (exact) mass is 389 g/mol. The lowest BCUT2D eigenvalue weighted by Gasteiger charge is -2.12. The molecule has 10 heteroatoms. The Bertz CT molecular complexity index is 1030. The minimum absolute atomic E-state index is 0.112. The van der Waals surface area contributed by atoms with Gasteiger partial charge in [0.05, 0.1) is 26.8 Å². The number of nitro groups is 1. The zero-order valence-electron chi connectivity index (χ0n) is 15.1. The second-order valence-corrected chi connectivity index (χ2v) is 7.96. The van der Waals surface area contributed by atoms with Crippen LogP contribution in [0.2, 0.25) is 0 Å². The molecule has 2 rings (SSSR count). The van der Waals surface area contributed by atoms with Crippen molar-refractivity contribution in [2.24, 2.45) is 0 Å². The van der Waals surface area contributed by atoms with E-state index in [2.05, 4.69) is 21.7 Å². The number of pyridine rings is 1. The molecule has 1 heterocycles. The lowest BCUT2D eigenvalue weighted by Crippen LogP contribution is -2.16. The zero-order chi connectivity index (χ0) is 20.2. The maximum Gasteiger partial charge on any atom is 0.293 e. The first-order valence-corrected chi connectivity index (χ1v) is 9.87. The molecule has 0 unspecified atom stereocenters. The Hall–Kier alpha value is -3.19. The van der Waals surface area contributed by atoms with E-state index in [1.165, 1.54) is 12.1 Å². The molecule has 2 aromatic rings. The number of nitrogens with one attached hydrogen (secondary N) is 2. The normalized spacial score (nSPS) is 10.9. The van der Waals surface area contributed by atoms with Gasteiger partial charge in [-0.15, -0.1) is 0 Å². The molecule has 0 aliphatic carbocycles. The standard InChI is InChI=1S/C17H19N5O4S/c1-11-8-16(14(10-18)12(2)21-11)20-7-6-19-15-5-4-13(27(3,25)26)9-17(15)22(23)24/h4-5,8-9,19H,6-7H2,1-3H3,(H,20,21). The second kappa shape index (κ2) is 8.01. The Kier molecular flexibility index (Phi) is 5.97. The summed E-state index contributed by atoms with van der Waals surface area (Å²) in [5, 5.41) is 26.5. The summed E-state index contributed by atoms with van der Waals surface area (Å²) >= 11 is 0. The average molecular weight is 389 g/mol. The fourth-order valence-electron chi connectivity index (χ4n) is 2.55. The molecule has 1 aromatic heterocycles. The summed E-state index contributed by atoms with van der Waals surface area (Å²) in [4.78, 5) is 14.7. The molecule has 0 aliphatic rings. The van der Waals surface area contributed by atoms with E-state index in [1.54, 1.807) is 13.0 Å². The largest absolute Gasteiger partial charge is 0.382 e. The van der Waals surface area contributed by atoms with Crippen LogP contribution in [0.3, 0.4) is 0 Å².